The molecule has 0 saturated heterocycles. The second kappa shape index (κ2) is 5.45. The monoisotopic (exact) mass is 201 g/mol. The van der Waals surface area contributed by atoms with Crippen molar-refractivity contribution in [3.05, 3.63) is 0 Å². The molecule has 0 aliphatic carbocycles. The third-order valence-corrected chi connectivity index (χ3v) is 0. The smallest absolute Gasteiger partial charge is 0.759 e. The zero-order chi connectivity index (χ0) is 4.50. The Bertz CT molecular complexity index is 94.9. The molecule has 5 nitrogen and oxygen atoms in total. The Morgan fingerprint density at radius 1 is 1.14 bits per heavy atom. The molecule has 0 aliphatic rings. The molecular formula is H3NO4SSr. The maximum absolute atomic E-state index is 8.52. The van der Waals surface area contributed by atoms with Crippen LogP contribution in [-0.4, -0.2) is 63.0 Å². The molecule has 0 atom stereocenters. The number of hydrogen-bond donors (Lipinski definition) is 1. The SMILES string of the molecule is N.O=S(=O)([O-])[O-].[Sr+2]. The van der Waals surface area contributed by atoms with Gasteiger partial charge in [0, 0.05) is 10.4 Å². The normalized spacial score (nSPS) is 8.29. The van der Waals surface area contributed by atoms with Gasteiger partial charge in [-0.15, -0.1) is 0 Å². The molecule has 3 N–H and O–H groups in total. The van der Waals surface area contributed by atoms with Crippen molar-refractivity contribution < 1.29 is 17.5 Å². The molecule has 0 bridgehead atoms. The van der Waals surface area contributed by atoms with E-state index in [0.29, 0.717) is 0 Å². The first kappa shape index (κ1) is 15.7. The van der Waals surface area contributed by atoms with Crippen LogP contribution in [-0.2, 0) is 10.4 Å². The van der Waals surface area contributed by atoms with Gasteiger partial charge < -0.3 is 15.3 Å². The second-order valence-corrected chi connectivity index (χ2v) is 1.22. The first-order chi connectivity index (χ1) is 2.00. The van der Waals surface area contributed by atoms with Crippen molar-refractivity contribution in [2.75, 3.05) is 0 Å². The van der Waals surface area contributed by atoms with Crippen LogP contribution in [0.25, 0.3) is 0 Å². The van der Waals surface area contributed by atoms with Crippen LogP contribution in [0.3, 0.4) is 0 Å². The van der Waals surface area contributed by atoms with E-state index in [1.54, 1.807) is 0 Å². The molecule has 0 fully saturated rings. The van der Waals surface area contributed by atoms with E-state index >= 15 is 0 Å². The summed E-state index contributed by atoms with van der Waals surface area (Å²) in [5.74, 6) is 0. The Balaban J connectivity index is -0.0000000800. The van der Waals surface area contributed by atoms with Gasteiger partial charge in [-0.3, -0.25) is 8.42 Å². The summed E-state index contributed by atoms with van der Waals surface area (Å²) in [6, 6.07) is 0. The van der Waals surface area contributed by atoms with Crippen molar-refractivity contribution in [3.8, 4) is 0 Å². The fourth-order valence-electron chi connectivity index (χ4n) is 0. The molecule has 0 aliphatic heterocycles. The van der Waals surface area contributed by atoms with E-state index in [1.807, 2.05) is 0 Å². The summed E-state index contributed by atoms with van der Waals surface area (Å²) in [5.41, 5.74) is 0. The first-order valence-corrected chi connectivity index (χ1v) is 2.00. The second-order valence-electron chi connectivity index (χ2n) is 0.408. The van der Waals surface area contributed by atoms with Gasteiger partial charge in [-0.05, 0) is 0 Å². The molecule has 0 saturated carbocycles. The van der Waals surface area contributed by atoms with Gasteiger partial charge in [0.25, 0.3) is 0 Å². The maximum atomic E-state index is 8.52. The van der Waals surface area contributed by atoms with E-state index in [9.17, 15) is 0 Å². The van der Waals surface area contributed by atoms with Crippen molar-refractivity contribution >= 4 is 55.9 Å². The van der Waals surface area contributed by atoms with Crippen molar-refractivity contribution in [3.63, 3.8) is 0 Å². The third kappa shape index (κ3) is 120. The molecular weight excluding hydrogens is 198 g/mol. The van der Waals surface area contributed by atoms with Gasteiger partial charge in [-0.2, -0.15) is 0 Å². The standard InChI is InChI=1S/H3N.H2O4S.Sr/c;1-5(2,3)4;/h1H3;(H2,1,2,3,4);/q;;+2/p-2. The largest absolute Gasteiger partial charge is 2.00 e. The average Bonchev–Trinajstić information content (AvgIpc) is 0.722. The summed E-state index contributed by atoms with van der Waals surface area (Å²) in [5, 5.41) is 0. The summed E-state index contributed by atoms with van der Waals surface area (Å²) in [6.07, 6.45) is 0. The third-order valence-electron chi connectivity index (χ3n) is 0. The molecule has 0 spiro atoms. The minimum Gasteiger partial charge on any atom is -0.759 e. The van der Waals surface area contributed by atoms with Crippen LogP contribution in [0.1, 0.15) is 0 Å². The van der Waals surface area contributed by atoms with Crippen LogP contribution in [0.2, 0.25) is 0 Å². The molecule has 0 amide bonds. The molecule has 0 aromatic rings. The molecule has 0 radical (unpaired) electrons. The van der Waals surface area contributed by atoms with Gasteiger partial charge >= 0.3 is 45.5 Å². The van der Waals surface area contributed by atoms with Gasteiger partial charge in [-0.25, -0.2) is 0 Å². The van der Waals surface area contributed by atoms with Crippen LogP contribution >= 0.6 is 0 Å². The Morgan fingerprint density at radius 3 is 1.14 bits per heavy atom. The van der Waals surface area contributed by atoms with Gasteiger partial charge in [0.2, 0.25) is 0 Å². The Morgan fingerprint density at radius 2 is 1.14 bits per heavy atom. The Kier molecular flexibility index (Phi) is 12.3. The molecule has 7 heavy (non-hydrogen) atoms. The van der Waals surface area contributed by atoms with Crippen LogP contribution < -0.4 is 6.15 Å². The number of rotatable bonds is 0. The summed E-state index contributed by atoms with van der Waals surface area (Å²) in [4.78, 5) is 0. The molecule has 0 unspecified atom stereocenters. The van der Waals surface area contributed by atoms with Crippen molar-refractivity contribution in [2.24, 2.45) is 0 Å². The predicted molar refractivity (Wildman–Crippen MR) is 21.3 cm³/mol. The Hall–Kier alpha value is 1.31. The van der Waals surface area contributed by atoms with E-state index in [-0.39, 0.29) is 51.6 Å². The number of hydrogen-bond acceptors (Lipinski definition) is 5. The zero-order valence-electron chi connectivity index (χ0n) is 3.46. The predicted octanol–water partition coefficient (Wildman–Crippen LogP) is -1.56. The summed E-state index contributed by atoms with van der Waals surface area (Å²) in [7, 11) is -5.17. The van der Waals surface area contributed by atoms with Crippen molar-refractivity contribution in [2.45, 2.75) is 0 Å². The quantitative estimate of drug-likeness (QED) is 0.289. The summed E-state index contributed by atoms with van der Waals surface area (Å²) < 4.78 is 34.1. The van der Waals surface area contributed by atoms with E-state index in [0.717, 1.165) is 0 Å². The molecule has 40 valence electrons. The average molecular weight is 201 g/mol. The molecule has 0 rings (SSSR count). The topological polar surface area (TPSA) is 115 Å². The van der Waals surface area contributed by atoms with Crippen molar-refractivity contribution in [1.82, 2.24) is 6.15 Å². The van der Waals surface area contributed by atoms with E-state index in [1.165, 1.54) is 0 Å². The zero-order valence-corrected chi connectivity index (χ0v) is 7.75. The van der Waals surface area contributed by atoms with Crippen molar-refractivity contribution in [1.29, 1.82) is 0 Å². The fourth-order valence-corrected chi connectivity index (χ4v) is 0. The van der Waals surface area contributed by atoms with E-state index < -0.39 is 10.4 Å². The van der Waals surface area contributed by atoms with E-state index in [4.69, 9.17) is 17.5 Å². The van der Waals surface area contributed by atoms with Gasteiger partial charge in [0.1, 0.15) is 0 Å². The van der Waals surface area contributed by atoms with Crippen LogP contribution in [0.15, 0.2) is 0 Å². The first-order valence-electron chi connectivity index (χ1n) is 0.667. The molecule has 7 heteroatoms. The fraction of sp³-hybridized carbons (Fsp3) is 0. The summed E-state index contributed by atoms with van der Waals surface area (Å²) in [6.45, 7) is 0. The minimum atomic E-state index is -5.17. The van der Waals surface area contributed by atoms with Gasteiger partial charge in [0.05, 0.1) is 0 Å². The van der Waals surface area contributed by atoms with Gasteiger partial charge in [0.15, 0.2) is 0 Å². The summed E-state index contributed by atoms with van der Waals surface area (Å²) >= 11 is 0. The van der Waals surface area contributed by atoms with Crippen LogP contribution in [0.4, 0.5) is 0 Å². The molecule has 0 aromatic heterocycles. The molecule has 0 aromatic carbocycles. The van der Waals surface area contributed by atoms with E-state index in [2.05, 4.69) is 0 Å². The van der Waals surface area contributed by atoms with Crippen LogP contribution in [0, 0.1) is 0 Å². The maximum Gasteiger partial charge on any atom is 2.00 e. The van der Waals surface area contributed by atoms with Crippen LogP contribution in [0.5, 0.6) is 0 Å². The molecule has 0 heterocycles. The minimum absolute atomic E-state index is 0. The Labute approximate surface area is 78.5 Å². The van der Waals surface area contributed by atoms with Gasteiger partial charge in [-0.1, -0.05) is 0 Å².